The number of nitrogens with one attached hydrogen (secondary N) is 1. The summed E-state index contributed by atoms with van der Waals surface area (Å²) in [5.74, 6) is -1.05. The van der Waals surface area contributed by atoms with Crippen LogP contribution in [-0.4, -0.2) is 37.9 Å². The number of rotatable bonds is 4. The lowest BCUT2D eigenvalue weighted by Crippen LogP contribution is -2.28. The Morgan fingerprint density at radius 2 is 2.00 bits per heavy atom. The highest BCUT2D eigenvalue weighted by molar-refractivity contribution is 5.96. The number of hydrogen-bond acceptors (Lipinski definition) is 4. The maximum atomic E-state index is 12.9. The molecule has 4 rings (SSSR count). The first-order valence-electron chi connectivity index (χ1n) is 8.86. The molecule has 1 N–H and O–H groups in total. The largest absolute Gasteiger partial charge is 0.416 e. The van der Waals surface area contributed by atoms with Crippen LogP contribution < -0.4 is 5.32 Å². The Bertz CT molecular complexity index is 1080. The third-order valence-electron chi connectivity index (χ3n) is 4.76. The van der Waals surface area contributed by atoms with Crippen molar-refractivity contribution >= 4 is 23.4 Å². The van der Waals surface area contributed by atoms with Gasteiger partial charge in [0, 0.05) is 25.7 Å². The summed E-state index contributed by atoms with van der Waals surface area (Å²) >= 11 is 0. The van der Waals surface area contributed by atoms with Crippen LogP contribution >= 0.6 is 0 Å². The van der Waals surface area contributed by atoms with E-state index in [-0.39, 0.29) is 37.3 Å². The minimum Gasteiger partial charge on any atom is -0.338 e. The van der Waals surface area contributed by atoms with Crippen molar-refractivity contribution in [3.05, 3.63) is 59.8 Å². The van der Waals surface area contributed by atoms with Crippen LogP contribution in [0.3, 0.4) is 0 Å². The average molecular weight is 403 g/mol. The van der Waals surface area contributed by atoms with Crippen molar-refractivity contribution in [3.63, 3.8) is 0 Å². The Kier molecular flexibility index (Phi) is 4.69. The first kappa shape index (κ1) is 18.9. The Hall–Kier alpha value is -3.43. The summed E-state index contributed by atoms with van der Waals surface area (Å²) < 4.78 is 40.2. The summed E-state index contributed by atoms with van der Waals surface area (Å²) in [6, 6.07) is 10.1. The molecule has 3 aromatic rings. The van der Waals surface area contributed by atoms with Gasteiger partial charge < -0.3 is 4.90 Å². The molecule has 29 heavy (non-hydrogen) atoms. The average Bonchev–Trinajstić information content (AvgIpc) is 3.25. The van der Waals surface area contributed by atoms with E-state index in [2.05, 4.69) is 15.5 Å². The van der Waals surface area contributed by atoms with Crippen molar-refractivity contribution in [1.29, 1.82) is 0 Å². The van der Waals surface area contributed by atoms with Crippen molar-refractivity contribution in [2.75, 3.05) is 11.9 Å². The molecule has 0 spiro atoms. The van der Waals surface area contributed by atoms with Gasteiger partial charge in [0.25, 0.3) is 0 Å². The zero-order valence-electron chi connectivity index (χ0n) is 15.1. The van der Waals surface area contributed by atoms with Gasteiger partial charge >= 0.3 is 6.18 Å². The number of hydrogen-bond donors (Lipinski definition) is 1. The minimum absolute atomic E-state index is 0.0124. The van der Waals surface area contributed by atoms with E-state index in [9.17, 15) is 22.8 Å². The number of alkyl halides is 3. The Morgan fingerprint density at radius 3 is 2.79 bits per heavy atom. The number of carbonyl (C=O) groups excluding carboxylic acids is 2. The Morgan fingerprint density at radius 1 is 1.17 bits per heavy atom. The molecular weight excluding hydrogens is 387 g/mol. The van der Waals surface area contributed by atoms with Crippen LogP contribution in [0, 0.1) is 5.92 Å². The maximum Gasteiger partial charge on any atom is 0.416 e. The van der Waals surface area contributed by atoms with Crippen molar-refractivity contribution in [3.8, 4) is 0 Å². The number of pyridine rings is 1. The molecule has 7 nitrogen and oxygen atoms in total. The smallest absolute Gasteiger partial charge is 0.338 e. The molecule has 0 saturated carbocycles. The highest BCUT2D eigenvalue weighted by Gasteiger charge is 2.35. The van der Waals surface area contributed by atoms with Crippen molar-refractivity contribution < 1.29 is 22.8 Å². The minimum atomic E-state index is -4.45. The summed E-state index contributed by atoms with van der Waals surface area (Å²) in [7, 11) is 0. The van der Waals surface area contributed by atoms with Gasteiger partial charge in [-0.05, 0) is 29.8 Å². The van der Waals surface area contributed by atoms with Crippen LogP contribution in [0.25, 0.3) is 5.65 Å². The molecule has 150 valence electrons. The molecule has 0 radical (unpaired) electrons. The highest BCUT2D eigenvalue weighted by atomic mass is 19.4. The maximum absolute atomic E-state index is 12.9. The van der Waals surface area contributed by atoms with Crippen molar-refractivity contribution in [2.24, 2.45) is 5.92 Å². The lowest BCUT2D eigenvalue weighted by Gasteiger charge is -2.17. The number of amides is 2. The number of benzene rings is 1. The summed E-state index contributed by atoms with van der Waals surface area (Å²) in [5.41, 5.74) is 0.156. The molecule has 1 atom stereocenters. The number of likely N-dealkylation sites (tertiary alicyclic amines) is 1. The summed E-state index contributed by atoms with van der Waals surface area (Å²) in [6.07, 6.45) is -2.76. The number of nitrogens with zero attached hydrogens (tertiary/aromatic N) is 4. The second-order valence-electron chi connectivity index (χ2n) is 6.82. The molecule has 3 heterocycles. The van der Waals surface area contributed by atoms with Crippen LogP contribution in [0.2, 0.25) is 0 Å². The number of carbonyl (C=O) groups is 2. The lowest BCUT2D eigenvalue weighted by atomic mass is 10.1. The van der Waals surface area contributed by atoms with Gasteiger partial charge in [-0.25, -0.2) is 0 Å². The summed E-state index contributed by atoms with van der Waals surface area (Å²) in [5, 5.41) is 10.5. The van der Waals surface area contributed by atoms with Gasteiger partial charge in [0.1, 0.15) is 0 Å². The first-order valence-corrected chi connectivity index (χ1v) is 8.86. The van der Waals surface area contributed by atoms with Crippen LogP contribution in [0.5, 0.6) is 0 Å². The first-order chi connectivity index (χ1) is 13.8. The third-order valence-corrected chi connectivity index (χ3v) is 4.76. The van der Waals surface area contributed by atoms with E-state index in [0.717, 1.165) is 12.1 Å². The molecule has 1 aliphatic rings. The van der Waals surface area contributed by atoms with E-state index in [1.807, 2.05) is 0 Å². The molecule has 1 saturated heterocycles. The van der Waals surface area contributed by atoms with Crippen molar-refractivity contribution in [1.82, 2.24) is 19.5 Å². The van der Waals surface area contributed by atoms with E-state index in [1.54, 1.807) is 28.8 Å². The van der Waals surface area contributed by atoms with Crippen LogP contribution in [0.15, 0.2) is 48.7 Å². The zero-order chi connectivity index (χ0) is 20.6. The monoisotopic (exact) mass is 403 g/mol. The second-order valence-corrected chi connectivity index (χ2v) is 6.82. The molecule has 1 aliphatic heterocycles. The molecule has 1 aromatic carbocycles. The fourth-order valence-corrected chi connectivity index (χ4v) is 3.31. The quantitative estimate of drug-likeness (QED) is 0.727. The van der Waals surface area contributed by atoms with E-state index < -0.39 is 17.7 Å². The van der Waals surface area contributed by atoms with Gasteiger partial charge in [0.05, 0.1) is 11.5 Å². The number of fused-ring (bicyclic) bond motifs is 1. The van der Waals surface area contributed by atoms with Gasteiger partial charge in [0.15, 0.2) is 5.65 Å². The predicted octanol–water partition coefficient (Wildman–Crippen LogP) is 2.74. The topological polar surface area (TPSA) is 79.6 Å². The highest BCUT2D eigenvalue weighted by Crippen LogP contribution is 2.30. The van der Waals surface area contributed by atoms with Gasteiger partial charge in [-0.15, -0.1) is 10.2 Å². The van der Waals surface area contributed by atoms with E-state index in [0.29, 0.717) is 11.2 Å². The molecule has 0 unspecified atom stereocenters. The molecule has 0 bridgehead atoms. The van der Waals surface area contributed by atoms with Gasteiger partial charge in [-0.2, -0.15) is 13.2 Å². The molecule has 1 fully saturated rings. The SMILES string of the molecule is O=C(Nc1nnc2ccccn12)[C@H]1CC(=O)N(Cc2cccc(C(F)(F)F)c2)C1. The fourth-order valence-electron chi connectivity index (χ4n) is 3.31. The van der Waals surface area contributed by atoms with E-state index in [1.165, 1.54) is 17.0 Å². The Balaban J connectivity index is 1.43. The van der Waals surface area contributed by atoms with Gasteiger partial charge in [-0.1, -0.05) is 18.2 Å². The predicted molar refractivity (Wildman–Crippen MR) is 96.6 cm³/mol. The van der Waals surface area contributed by atoms with Crippen LogP contribution in [0.1, 0.15) is 17.5 Å². The second kappa shape index (κ2) is 7.19. The third kappa shape index (κ3) is 3.91. The summed E-state index contributed by atoms with van der Waals surface area (Å²) in [4.78, 5) is 26.2. The van der Waals surface area contributed by atoms with Gasteiger partial charge in [0.2, 0.25) is 17.8 Å². The lowest BCUT2D eigenvalue weighted by molar-refractivity contribution is -0.137. The van der Waals surface area contributed by atoms with Crippen LogP contribution in [-0.2, 0) is 22.3 Å². The van der Waals surface area contributed by atoms with E-state index in [4.69, 9.17) is 0 Å². The summed E-state index contributed by atoms with van der Waals surface area (Å²) in [6.45, 7) is 0.137. The molecule has 2 amide bonds. The molecule has 2 aromatic heterocycles. The zero-order valence-corrected chi connectivity index (χ0v) is 15.1. The molecule has 0 aliphatic carbocycles. The molecule has 10 heteroatoms. The van der Waals surface area contributed by atoms with Crippen molar-refractivity contribution in [2.45, 2.75) is 19.1 Å². The van der Waals surface area contributed by atoms with E-state index >= 15 is 0 Å². The normalized spacial score (nSPS) is 17.1. The number of anilines is 1. The molecular formula is C19H16F3N5O2. The number of halogens is 3. The number of aromatic nitrogens is 3. The van der Waals surface area contributed by atoms with Gasteiger partial charge in [-0.3, -0.25) is 19.3 Å². The Labute approximate surface area is 163 Å². The van der Waals surface area contributed by atoms with Crippen LogP contribution in [0.4, 0.5) is 19.1 Å². The standard InChI is InChI=1S/C19H16F3N5O2/c20-19(21,22)14-5-3-4-12(8-14)10-26-11-13(9-16(26)28)17(29)23-18-25-24-15-6-1-2-7-27(15)18/h1-8,13H,9-11H2,(H,23,25,29)/t13-/m0/s1. The fraction of sp³-hybridized carbons (Fsp3) is 0.263.